The monoisotopic (exact) mass is 464 g/mol. The Hall–Kier alpha value is -2.96. The number of pyridine rings is 2. The van der Waals surface area contributed by atoms with Crippen molar-refractivity contribution < 1.29 is 9.59 Å². The minimum atomic E-state index is -0.477. The van der Waals surface area contributed by atoms with Gasteiger partial charge in [0.1, 0.15) is 11.1 Å². The van der Waals surface area contributed by atoms with Gasteiger partial charge in [0.2, 0.25) is 5.43 Å². The van der Waals surface area contributed by atoms with Gasteiger partial charge in [-0.3, -0.25) is 19.4 Å². The van der Waals surface area contributed by atoms with Gasteiger partial charge < -0.3 is 14.8 Å². The summed E-state index contributed by atoms with van der Waals surface area (Å²) in [7, 11) is 0. The molecule has 4 rings (SSSR count). The molecule has 2 fully saturated rings. The summed E-state index contributed by atoms with van der Waals surface area (Å²) >= 11 is 0. The highest BCUT2D eigenvalue weighted by Crippen LogP contribution is 2.18. The van der Waals surface area contributed by atoms with Crippen molar-refractivity contribution >= 4 is 11.8 Å². The van der Waals surface area contributed by atoms with Crippen molar-refractivity contribution in [3.05, 3.63) is 63.8 Å². The van der Waals surface area contributed by atoms with Crippen LogP contribution in [0.5, 0.6) is 0 Å². The zero-order valence-corrected chi connectivity index (χ0v) is 20.0. The summed E-state index contributed by atoms with van der Waals surface area (Å²) in [6.07, 6.45) is 16.6. The number of carbonyl (C=O) groups is 2. The molecule has 2 aliphatic rings. The van der Waals surface area contributed by atoms with Crippen LogP contribution in [-0.4, -0.2) is 45.4 Å². The van der Waals surface area contributed by atoms with Gasteiger partial charge in [-0.05, 0) is 37.8 Å². The molecule has 0 bridgehead atoms. The fourth-order valence-corrected chi connectivity index (χ4v) is 5.02. The molecule has 0 unspecified atom stereocenters. The minimum absolute atomic E-state index is 0.0404. The van der Waals surface area contributed by atoms with Crippen LogP contribution in [0, 0.1) is 0 Å². The van der Waals surface area contributed by atoms with Gasteiger partial charge >= 0.3 is 0 Å². The zero-order chi connectivity index (χ0) is 23.8. The van der Waals surface area contributed by atoms with E-state index in [1.165, 1.54) is 19.3 Å². The fourth-order valence-electron chi connectivity index (χ4n) is 5.02. The molecule has 1 N–H and O–H groups in total. The fraction of sp³-hybridized carbons (Fsp3) is 0.556. The number of nitrogens with one attached hydrogen (secondary N) is 1. The predicted molar refractivity (Wildman–Crippen MR) is 132 cm³/mol. The molecule has 0 atom stereocenters. The standard InChI is InChI=1S/C27H36N4O3/c32-25-23(26(33)29-21-12-6-2-1-3-7-13-21)19-30(18-22-14-8-9-15-28-22)20-24(25)27(34)31-16-10-4-5-11-17-31/h8-9,14-15,19-21H,1-7,10-13,16-18H2,(H,29,33). The SMILES string of the molecule is O=C(NC1CCCCCCC1)c1cn(Cc2ccccn2)cc(C(=O)N2CCCCCC2)c1=O. The Labute approximate surface area is 201 Å². The maximum atomic E-state index is 13.4. The lowest BCUT2D eigenvalue weighted by Gasteiger charge is -2.22. The van der Waals surface area contributed by atoms with Crippen LogP contribution in [0.1, 0.15) is 97.0 Å². The molecule has 2 aromatic heterocycles. The van der Waals surface area contributed by atoms with Crippen molar-refractivity contribution in [2.75, 3.05) is 13.1 Å². The molecule has 0 aromatic carbocycles. The third-order valence-corrected chi connectivity index (χ3v) is 6.96. The highest BCUT2D eigenvalue weighted by molar-refractivity contribution is 5.99. The van der Waals surface area contributed by atoms with Gasteiger partial charge in [0, 0.05) is 37.7 Å². The number of hydrogen-bond donors (Lipinski definition) is 1. The van der Waals surface area contributed by atoms with Crippen LogP contribution in [-0.2, 0) is 6.54 Å². The molecule has 7 heteroatoms. The van der Waals surface area contributed by atoms with E-state index < -0.39 is 5.43 Å². The number of aromatic nitrogens is 2. The van der Waals surface area contributed by atoms with Crippen LogP contribution >= 0.6 is 0 Å². The third kappa shape index (κ3) is 6.33. The summed E-state index contributed by atoms with van der Waals surface area (Å²) in [5.74, 6) is -0.655. The second kappa shape index (κ2) is 12.0. The molecule has 1 aliphatic heterocycles. The molecule has 0 spiro atoms. The van der Waals surface area contributed by atoms with Crippen LogP contribution in [0.15, 0.2) is 41.6 Å². The minimum Gasteiger partial charge on any atom is -0.349 e. The number of hydrogen-bond acceptors (Lipinski definition) is 4. The Morgan fingerprint density at radius 2 is 1.53 bits per heavy atom. The van der Waals surface area contributed by atoms with Gasteiger partial charge in [-0.25, -0.2) is 0 Å². The highest BCUT2D eigenvalue weighted by Gasteiger charge is 2.25. The van der Waals surface area contributed by atoms with Crippen LogP contribution in [0.2, 0.25) is 0 Å². The normalized spacial score (nSPS) is 17.9. The van der Waals surface area contributed by atoms with Crippen molar-refractivity contribution in [1.29, 1.82) is 0 Å². The molecule has 1 saturated carbocycles. The van der Waals surface area contributed by atoms with E-state index in [-0.39, 0.29) is 29.0 Å². The third-order valence-electron chi connectivity index (χ3n) is 6.96. The van der Waals surface area contributed by atoms with Crippen molar-refractivity contribution in [1.82, 2.24) is 19.8 Å². The van der Waals surface area contributed by atoms with Gasteiger partial charge in [-0.1, -0.05) is 51.0 Å². The number of likely N-dealkylation sites (tertiary alicyclic amines) is 1. The maximum absolute atomic E-state index is 13.4. The van der Waals surface area contributed by atoms with Crippen LogP contribution < -0.4 is 10.7 Å². The second-order valence-corrected chi connectivity index (χ2v) is 9.63. The molecule has 182 valence electrons. The van der Waals surface area contributed by atoms with E-state index >= 15 is 0 Å². The Morgan fingerprint density at radius 3 is 2.21 bits per heavy atom. The molecule has 1 saturated heterocycles. The molecule has 2 amide bonds. The Morgan fingerprint density at radius 1 is 0.882 bits per heavy atom. The van der Waals surface area contributed by atoms with Crippen LogP contribution in [0.4, 0.5) is 0 Å². The van der Waals surface area contributed by atoms with E-state index in [4.69, 9.17) is 0 Å². The van der Waals surface area contributed by atoms with Gasteiger partial charge in [0.25, 0.3) is 11.8 Å². The van der Waals surface area contributed by atoms with E-state index in [9.17, 15) is 14.4 Å². The lowest BCUT2D eigenvalue weighted by molar-refractivity contribution is 0.0759. The number of nitrogens with zero attached hydrogens (tertiary/aromatic N) is 3. The summed E-state index contributed by atoms with van der Waals surface area (Å²) in [6.45, 7) is 1.68. The summed E-state index contributed by atoms with van der Waals surface area (Å²) in [5.41, 5.74) is 0.433. The summed E-state index contributed by atoms with van der Waals surface area (Å²) in [5, 5.41) is 3.10. The predicted octanol–water partition coefficient (Wildman–Crippen LogP) is 4.15. The van der Waals surface area contributed by atoms with E-state index in [1.807, 2.05) is 18.2 Å². The first-order chi connectivity index (χ1) is 16.6. The lowest BCUT2D eigenvalue weighted by atomic mass is 9.96. The summed E-state index contributed by atoms with van der Waals surface area (Å²) in [6, 6.07) is 5.71. The van der Waals surface area contributed by atoms with Crippen molar-refractivity contribution in [3.8, 4) is 0 Å². The van der Waals surface area contributed by atoms with E-state index in [1.54, 1.807) is 28.1 Å². The molecule has 34 heavy (non-hydrogen) atoms. The highest BCUT2D eigenvalue weighted by atomic mass is 16.2. The number of carbonyl (C=O) groups excluding carboxylic acids is 2. The van der Waals surface area contributed by atoms with E-state index in [0.29, 0.717) is 19.6 Å². The molecule has 3 heterocycles. The number of rotatable bonds is 5. The zero-order valence-electron chi connectivity index (χ0n) is 20.0. The second-order valence-electron chi connectivity index (χ2n) is 9.63. The molecule has 2 aromatic rings. The van der Waals surface area contributed by atoms with Crippen molar-refractivity contribution in [2.24, 2.45) is 0 Å². The largest absolute Gasteiger partial charge is 0.349 e. The topological polar surface area (TPSA) is 84.3 Å². The quantitative estimate of drug-likeness (QED) is 0.720. The Balaban J connectivity index is 1.64. The number of amides is 2. The summed E-state index contributed by atoms with van der Waals surface area (Å²) in [4.78, 5) is 46.2. The first kappa shape index (κ1) is 24.2. The average Bonchev–Trinajstić information content (AvgIpc) is 3.11. The van der Waals surface area contributed by atoms with Gasteiger partial charge in [0.05, 0.1) is 12.2 Å². The Bertz CT molecular complexity index is 1020. The van der Waals surface area contributed by atoms with E-state index in [2.05, 4.69) is 10.3 Å². The smallest absolute Gasteiger partial charge is 0.259 e. The molecule has 0 radical (unpaired) electrons. The maximum Gasteiger partial charge on any atom is 0.259 e. The molecule has 1 aliphatic carbocycles. The molecule has 7 nitrogen and oxygen atoms in total. The van der Waals surface area contributed by atoms with Crippen LogP contribution in [0.3, 0.4) is 0 Å². The van der Waals surface area contributed by atoms with E-state index in [0.717, 1.165) is 57.1 Å². The van der Waals surface area contributed by atoms with Crippen molar-refractivity contribution in [3.63, 3.8) is 0 Å². The first-order valence-corrected chi connectivity index (χ1v) is 12.9. The molecular weight excluding hydrogens is 428 g/mol. The first-order valence-electron chi connectivity index (χ1n) is 12.9. The Kier molecular flexibility index (Phi) is 8.50. The summed E-state index contributed by atoms with van der Waals surface area (Å²) < 4.78 is 1.75. The van der Waals surface area contributed by atoms with Gasteiger partial charge in [-0.15, -0.1) is 0 Å². The van der Waals surface area contributed by atoms with Gasteiger partial charge in [0.15, 0.2) is 0 Å². The van der Waals surface area contributed by atoms with Crippen LogP contribution in [0.25, 0.3) is 0 Å². The lowest BCUT2D eigenvalue weighted by Crippen LogP contribution is -2.41. The average molecular weight is 465 g/mol. The van der Waals surface area contributed by atoms with Crippen molar-refractivity contribution in [2.45, 2.75) is 83.2 Å². The van der Waals surface area contributed by atoms with Gasteiger partial charge in [-0.2, -0.15) is 0 Å². The molecular formula is C27H36N4O3.